The van der Waals surface area contributed by atoms with Crippen molar-refractivity contribution in [2.24, 2.45) is 0 Å². The van der Waals surface area contributed by atoms with Crippen LogP contribution in [0.4, 0.5) is 52.7 Å². The molecule has 0 aliphatic rings. The van der Waals surface area contributed by atoms with E-state index >= 15 is 0 Å². The van der Waals surface area contributed by atoms with E-state index in [0.717, 1.165) is 11.1 Å². The Balaban J connectivity index is 1.15. The minimum atomic E-state index is -5.10. The summed E-state index contributed by atoms with van der Waals surface area (Å²) in [4.78, 5) is 10.4. The van der Waals surface area contributed by atoms with Gasteiger partial charge < -0.3 is 9.13 Å². The van der Waals surface area contributed by atoms with E-state index in [-0.39, 0.29) is 51.5 Å². The molecule has 5 nitrogen and oxygen atoms in total. The van der Waals surface area contributed by atoms with Gasteiger partial charge in [-0.05, 0) is 113 Å². The van der Waals surface area contributed by atoms with Crippen molar-refractivity contribution in [3.8, 4) is 73.6 Å². The minimum absolute atomic E-state index is 0.0523. The lowest BCUT2D eigenvalue weighted by molar-refractivity contribution is -0.144. The highest BCUT2D eigenvalue weighted by Gasteiger charge is 2.39. The van der Waals surface area contributed by atoms with E-state index < -0.39 is 47.0 Å². The summed E-state index contributed by atoms with van der Waals surface area (Å²) in [5.74, 6) is 0.158. The molecule has 12 aromatic rings. The van der Waals surface area contributed by atoms with Crippen LogP contribution in [-0.2, 0) is 24.7 Å². The lowest BCUT2D eigenvalue weighted by Gasteiger charge is -2.19. The second kappa shape index (κ2) is 18.8. The molecule has 3 aromatic heterocycles. The van der Waals surface area contributed by atoms with E-state index in [0.29, 0.717) is 90.5 Å². The zero-order valence-electron chi connectivity index (χ0n) is 40.8. The van der Waals surface area contributed by atoms with Crippen LogP contribution >= 0.6 is 0 Å². The molecule has 394 valence electrons. The topological polar surface area (TPSA) is 59.4 Å². The fourth-order valence-corrected chi connectivity index (χ4v) is 10.4. The Kier molecular flexibility index (Phi) is 12.0. The summed E-state index contributed by atoms with van der Waals surface area (Å²) in [6.07, 6.45) is -20.4. The van der Waals surface area contributed by atoms with Crippen molar-refractivity contribution in [3.05, 3.63) is 228 Å². The van der Waals surface area contributed by atoms with Crippen LogP contribution in [0.15, 0.2) is 200 Å². The third-order valence-corrected chi connectivity index (χ3v) is 14.0. The molecule has 9 aromatic carbocycles. The first-order valence-electron chi connectivity index (χ1n) is 24.4. The van der Waals surface area contributed by atoms with Crippen molar-refractivity contribution >= 4 is 43.6 Å². The highest BCUT2D eigenvalue weighted by atomic mass is 19.4. The third kappa shape index (κ3) is 9.11. The second-order valence-corrected chi connectivity index (χ2v) is 19.0. The molecule has 0 bridgehead atoms. The SMILES string of the molecule is N#Cc1cc(-n2c3ccccc3c3cc(-c4cc(C(F)(F)F)cc(C(F)(F)F)c4)ccc32)c(-c2nc(-c3ccccc3)cc(-c3ccccc3)n2)cc1-n1c2ccccc2c2cc(-c3cc(C(F)(F)F)cc(C(F)(F)F)c3)ccc21. The molecule has 0 radical (unpaired) electrons. The number of para-hydroxylation sites is 2. The van der Waals surface area contributed by atoms with Gasteiger partial charge >= 0.3 is 24.7 Å². The van der Waals surface area contributed by atoms with Gasteiger partial charge in [0.25, 0.3) is 0 Å². The van der Waals surface area contributed by atoms with Crippen molar-refractivity contribution in [3.63, 3.8) is 0 Å². The molecular formula is C63H33F12N5. The van der Waals surface area contributed by atoms with Gasteiger partial charge in [0, 0.05) is 38.2 Å². The zero-order chi connectivity index (χ0) is 56.0. The summed E-state index contributed by atoms with van der Waals surface area (Å²) in [6.45, 7) is 0. The van der Waals surface area contributed by atoms with Crippen LogP contribution in [0.25, 0.3) is 111 Å². The standard InChI is InChI=1S/C63H33F12N5/c64-60(65,66)42-23-39(24-43(30-42)61(67,68)69)37-19-21-55-48(27-37)46-15-7-9-17-53(46)79(55)57-32-50(59-77-51(35-11-3-1-4-12-35)33-52(78-59)36-13-5-2-6-14-36)58(29-41(57)34-76)80-54-18-10-8-16-47(54)49-28-38(20-22-56(49)80)40-25-44(62(70,71)72)31-45(26-40)63(73,74)75/h1-33H. The summed E-state index contributed by atoms with van der Waals surface area (Å²) < 4.78 is 173. The Morgan fingerprint density at radius 3 is 1.10 bits per heavy atom. The van der Waals surface area contributed by atoms with Crippen LogP contribution in [0, 0.1) is 11.3 Å². The van der Waals surface area contributed by atoms with Crippen LogP contribution < -0.4 is 0 Å². The number of nitriles is 1. The van der Waals surface area contributed by atoms with Crippen LogP contribution in [0.3, 0.4) is 0 Å². The van der Waals surface area contributed by atoms with Gasteiger partial charge in [0.2, 0.25) is 0 Å². The zero-order valence-corrected chi connectivity index (χ0v) is 40.8. The van der Waals surface area contributed by atoms with E-state index in [4.69, 9.17) is 9.97 Å². The Morgan fingerprint density at radius 2 is 0.700 bits per heavy atom. The van der Waals surface area contributed by atoms with Gasteiger partial charge in [-0.15, -0.1) is 0 Å². The molecule has 0 N–H and O–H groups in total. The van der Waals surface area contributed by atoms with E-state index in [9.17, 15) is 57.9 Å². The molecule has 0 aliphatic carbocycles. The minimum Gasteiger partial charge on any atom is -0.308 e. The maximum atomic E-state index is 14.2. The summed E-state index contributed by atoms with van der Waals surface area (Å²) >= 11 is 0. The van der Waals surface area contributed by atoms with Crippen molar-refractivity contribution in [1.82, 2.24) is 19.1 Å². The largest absolute Gasteiger partial charge is 0.416 e. The van der Waals surface area contributed by atoms with Gasteiger partial charge in [0.05, 0.1) is 72.6 Å². The van der Waals surface area contributed by atoms with Crippen LogP contribution in [0.2, 0.25) is 0 Å². The second-order valence-electron chi connectivity index (χ2n) is 19.0. The van der Waals surface area contributed by atoms with Crippen molar-refractivity contribution in [2.75, 3.05) is 0 Å². The molecule has 0 saturated carbocycles. The molecular weight excluding hydrogens is 1050 g/mol. The average Bonchev–Trinajstić information content (AvgIpc) is 4.15. The molecule has 0 fully saturated rings. The first-order valence-corrected chi connectivity index (χ1v) is 24.4. The Hall–Kier alpha value is -9.69. The maximum Gasteiger partial charge on any atom is 0.416 e. The van der Waals surface area contributed by atoms with Gasteiger partial charge in [-0.1, -0.05) is 109 Å². The molecule has 80 heavy (non-hydrogen) atoms. The summed E-state index contributed by atoms with van der Waals surface area (Å²) in [7, 11) is 0. The monoisotopic (exact) mass is 1090 g/mol. The van der Waals surface area contributed by atoms with Crippen LogP contribution in [0.1, 0.15) is 27.8 Å². The molecule has 0 atom stereocenters. The number of hydrogen-bond donors (Lipinski definition) is 0. The molecule has 0 spiro atoms. The molecule has 17 heteroatoms. The van der Waals surface area contributed by atoms with Gasteiger partial charge in [-0.3, -0.25) is 0 Å². The lowest BCUT2D eigenvalue weighted by atomic mass is 9.97. The van der Waals surface area contributed by atoms with E-state index in [2.05, 4.69) is 6.07 Å². The third-order valence-electron chi connectivity index (χ3n) is 14.0. The number of hydrogen-bond acceptors (Lipinski definition) is 3. The predicted octanol–water partition coefficient (Wildman–Crippen LogP) is 19.0. The number of halogens is 12. The van der Waals surface area contributed by atoms with E-state index in [1.54, 1.807) is 77.4 Å². The van der Waals surface area contributed by atoms with Gasteiger partial charge in [-0.2, -0.15) is 57.9 Å². The van der Waals surface area contributed by atoms with Crippen molar-refractivity contribution in [2.45, 2.75) is 24.7 Å². The normalized spacial score (nSPS) is 12.5. The van der Waals surface area contributed by atoms with Crippen molar-refractivity contribution < 1.29 is 52.7 Å². The molecule has 0 amide bonds. The fourth-order valence-electron chi connectivity index (χ4n) is 10.4. The number of benzene rings is 9. The number of alkyl halides is 12. The fraction of sp³-hybridized carbons (Fsp3) is 0.0635. The van der Waals surface area contributed by atoms with Crippen LogP contribution in [0.5, 0.6) is 0 Å². The van der Waals surface area contributed by atoms with Gasteiger partial charge in [0.15, 0.2) is 5.82 Å². The first kappa shape index (κ1) is 51.1. The highest BCUT2D eigenvalue weighted by molar-refractivity contribution is 6.12. The molecule has 12 rings (SSSR count). The Labute approximate surface area is 445 Å². The Morgan fingerprint density at radius 1 is 0.325 bits per heavy atom. The predicted molar refractivity (Wildman–Crippen MR) is 283 cm³/mol. The number of rotatable bonds is 7. The number of aromatic nitrogens is 4. The van der Waals surface area contributed by atoms with E-state index in [1.807, 2.05) is 71.3 Å². The van der Waals surface area contributed by atoms with Gasteiger partial charge in [0.1, 0.15) is 6.07 Å². The average molecular weight is 1090 g/mol. The summed E-state index contributed by atoms with van der Waals surface area (Å²) in [5.41, 5.74) is -1.15. The number of nitrogens with zero attached hydrogens (tertiary/aromatic N) is 5. The lowest BCUT2D eigenvalue weighted by Crippen LogP contribution is -2.11. The van der Waals surface area contributed by atoms with Crippen LogP contribution in [-0.4, -0.2) is 19.1 Å². The number of fused-ring (bicyclic) bond motifs is 6. The van der Waals surface area contributed by atoms with E-state index in [1.165, 1.54) is 24.3 Å². The first-order chi connectivity index (χ1) is 38.1. The molecule has 0 saturated heterocycles. The maximum absolute atomic E-state index is 14.2. The summed E-state index contributed by atoms with van der Waals surface area (Å²) in [5, 5.41) is 13.3. The summed E-state index contributed by atoms with van der Waals surface area (Å²) in [6, 6.07) is 51.7. The smallest absolute Gasteiger partial charge is 0.308 e. The molecule has 0 aliphatic heterocycles. The quantitative estimate of drug-likeness (QED) is 0.149. The molecule has 0 unspecified atom stereocenters. The Bertz CT molecular complexity index is 4360. The van der Waals surface area contributed by atoms with Gasteiger partial charge in [-0.25, -0.2) is 9.97 Å². The molecule has 3 heterocycles. The van der Waals surface area contributed by atoms with Crippen molar-refractivity contribution in [1.29, 1.82) is 5.26 Å². The highest BCUT2D eigenvalue weighted by Crippen LogP contribution is 2.45.